The molecule has 0 aliphatic carbocycles. The monoisotopic (exact) mass is 442 g/mol. The van der Waals surface area contributed by atoms with Gasteiger partial charge in [0, 0.05) is 24.9 Å². The second-order valence-corrected chi connectivity index (χ2v) is 7.82. The molecule has 0 bridgehead atoms. The number of aryl methyl sites for hydroxylation is 2. The van der Waals surface area contributed by atoms with E-state index in [0.717, 1.165) is 31.3 Å². The Morgan fingerprint density at radius 2 is 1.75 bits per heavy atom. The average molecular weight is 443 g/mol. The average Bonchev–Trinajstić information content (AvgIpc) is 3.25. The molecule has 6 heteroatoms. The number of hydrogen-bond acceptors (Lipinski definition) is 3. The summed E-state index contributed by atoms with van der Waals surface area (Å²) in [7, 11) is 0. The Labute approximate surface area is 189 Å². The number of aromatic nitrogens is 2. The number of halogens is 2. The van der Waals surface area contributed by atoms with Crippen LogP contribution in [0.2, 0.25) is 0 Å². The van der Waals surface area contributed by atoms with Gasteiger partial charge in [0.1, 0.15) is 23.1 Å². The third-order valence-corrected chi connectivity index (χ3v) is 4.93. The second kappa shape index (κ2) is 12.1. The van der Waals surface area contributed by atoms with Crippen LogP contribution in [-0.4, -0.2) is 15.8 Å². The Hall–Kier alpha value is -3.02. The number of unbranched alkanes of at least 4 members (excludes halogenated alkanes) is 1. The number of benzene rings is 2. The maximum absolute atomic E-state index is 13.2. The van der Waals surface area contributed by atoms with Crippen LogP contribution >= 0.6 is 0 Å². The van der Waals surface area contributed by atoms with Gasteiger partial charge in [0.15, 0.2) is 0 Å². The van der Waals surface area contributed by atoms with E-state index in [9.17, 15) is 13.6 Å². The summed E-state index contributed by atoms with van der Waals surface area (Å²) in [6, 6.07) is 12.1. The van der Waals surface area contributed by atoms with Gasteiger partial charge in [-0.1, -0.05) is 26.3 Å². The number of hydrogen-bond donors (Lipinski definition) is 1. The number of aromatic amines is 1. The lowest BCUT2D eigenvalue weighted by molar-refractivity contribution is -0.116. The summed E-state index contributed by atoms with van der Waals surface area (Å²) in [6.07, 6.45) is 8.15. The van der Waals surface area contributed by atoms with Crippen molar-refractivity contribution >= 4 is 5.78 Å². The highest BCUT2D eigenvalue weighted by Gasteiger charge is 2.23. The van der Waals surface area contributed by atoms with Crippen LogP contribution in [0.5, 0.6) is 11.5 Å². The maximum Gasteiger partial charge on any atom is 0.270 e. The lowest BCUT2D eigenvalue weighted by atomic mass is 10.00. The van der Waals surface area contributed by atoms with Gasteiger partial charge < -0.3 is 9.72 Å². The Morgan fingerprint density at radius 3 is 2.28 bits per heavy atom. The predicted octanol–water partition coefficient (Wildman–Crippen LogP) is 7.04. The van der Waals surface area contributed by atoms with E-state index in [2.05, 4.69) is 29.9 Å². The summed E-state index contributed by atoms with van der Waals surface area (Å²) in [5.41, 5.74) is 2.64. The molecule has 32 heavy (non-hydrogen) atoms. The van der Waals surface area contributed by atoms with E-state index in [1.54, 1.807) is 31.5 Å². The molecule has 1 heterocycles. The third-order valence-electron chi connectivity index (χ3n) is 4.93. The molecule has 0 aliphatic rings. The van der Waals surface area contributed by atoms with Gasteiger partial charge in [-0.25, -0.2) is 13.8 Å². The molecule has 0 saturated heterocycles. The topological polar surface area (TPSA) is 55.0 Å². The van der Waals surface area contributed by atoms with Gasteiger partial charge in [0.2, 0.25) is 0 Å². The van der Waals surface area contributed by atoms with E-state index >= 15 is 0 Å². The summed E-state index contributed by atoms with van der Waals surface area (Å²) >= 11 is 0. The van der Waals surface area contributed by atoms with Gasteiger partial charge >= 0.3 is 0 Å². The van der Waals surface area contributed by atoms with Crippen molar-refractivity contribution in [2.24, 2.45) is 0 Å². The molecule has 3 rings (SSSR count). The maximum atomic E-state index is 13.2. The minimum absolute atomic E-state index is 0.00555. The Kier molecular flexibility index (Phi) is 9.57. The van der Waals surface area contributed by atoms with Crippen LogP contribution < -0.4 is 4.74 Å². The van der Waals surface area contributed by atoms with Gasteiger partial charge in [0.25, 0.3) is 5.92 Å². The quantitative estimate of drug-likeness (QED) is 0.387. The molecule has 1 N–H and O–H groups in total. The highest BCUT2D eigenvalue weighted by atomic mass is 19.3. The predicted molar refractivity (Wildman–Crippen MR) is 123 cm³/mol. The molecule has 0 spiro atoms. The molecule has 4 nitrogen and oxygen atoms in total. The first kappa shape index (κ1) is 25.2. The molecular weight excluding hydrogens is 410 g/mol. The van der Waals surface area contributed by atoms with E-state index in [1.807, 2.05) is 12.1 Å². The number of nitrogens with one attached hydrogen (secondary N) is 1. The molecular formula is C26H32F2N2O2. The van der Waals surface area contributed by atoms with Crippen molar-refractivity contribution in [1.82, 2.24) is 9.97 Å². The SMILES string of the molecule is CC(=O)Cc1ncc[nH]1.CCCCc1ccc(Oc2ccc(C(C)(F)F)cc2)cc1CC. The van der Waals surface area contributed by atoms with Crippen molar-refractivity contribution in [2.75, 3.05) is 0 Å². The zero-order valence-corrected chi connectivity index (χ0v) is 19.3. The number of ether oxygens (including phenoxy) is 1. The zero-order chi connectivity index (χ0) is 23.6. The van der Waals surface area contributed by atoms with Crippen LogP contribution in [0, 0.1) is 0 Å². The molecule has 0 radical (unpaired) electrons. The van der Waals surface area contributed by atoms with E-state index in [-0.39, 0.29) is 11.3 Å². The van der Waals surface area contributed by atoms with Crippen molar-refractivity contribution in [1.29, 1.82) is 0 Å². The van der Waals surface area contributed by atoms with Gasteiger partial charge in [-0.05, 0) is 73.7 Å². The van der Waals surface area contributed by atoms with Crippen LogP contribution in [0.1, 0.15) is 63.1 Å². The molecule has 0 unspecified atom stereocenters. The number of alkyl halides is 2. The smallest absolute Gasteiger partial charge is 0.270 e. The number of carbonyl (C=O) groups excluding carboxylic acids is 1. The van der Waals surface area contributed by atoms with Crippen molar-refractivity contribution in [3.8, 4) is 11.5 Å². The largest absolute Gasteiger partial charge is 0.457 e. The fourth-order valence-corrected chi connectivity index (χ4v) is 3.19. The van der Waals surface area contributed by atoms with Crippen molar-refractivity contribution < 1.29 is 18.3 Å². The van der Waals surface area contributed by atoms with Gasteiger partial charge in [0.05, 0.1) is 6.42 Å². The molecule has 0 saturated carbocycles. The lowest BCUT2D eigenvalue weighted by Gasteiger charge is -2.13. The first-order valence-electron chi connectivity index (χ1n) is 11.0. The Balaban J connectivity index is 0.000000336. The first-order valence-corrected chi connectivity index (χ1v) is 11.0. The van der Waals surface area contributed by atoms with E-state index in [4.69, 9.17) is 4.74 Å². The number of nitrogens with zero attached hydrogens (tertiary/aromatic N) is 1. The minimum Gasteiger partial charge on any atom is -0.457 e. The third kappa shape index (κ3) is 8.25. The Bertz CT molecular complexity index is 962. The summed E-state index contributed by atoms with van der Waals surface area (Å²) in [6.45, 7) is 6.76. The molecule has 172 valence electrons. The summed E-state index contributed by atoms with van der Waals surface area (Å²) in [5.74, 6) is -0.638. The van der Waals surface area contributed by atoms with Crippen molar-refractivity contribution in [3.63, 3.8) is 0 Å². The normalized spacial score (nSPS) is 10.9. The molecule has 0 atom stereocenters. The number of imidazole rings is 1. The van der Waals surface area contributed by atoms with Crippen LogP contribution in [0.25, 0.3) is 0 Å². The molecule has 1 aromatic heterocycles. The molecule has 0 aliphatic heterocycles. The number of Topliss-reactive ketones (excluding diaryl/α,β-unsaturated/α-hetero) is 1. The number of carbonyl (C=O) groups is 1. The molecule has 0 fully saturated rings. The summed E-state index contributed by atoms with van der Waals surface area (Å²) < 4.78 is 32.2. The highest BCUT2D eigenvalue weighted by molar-refractivity contribution is 5.77. The van der Waals surface area contributed by atoms with Crippen LogP contribution in [0.15, 0.2) is 54.9 Å². The molecule has 0 amide bonds. The van der Waals surface area contributed by atoms with Crippen molar-refractivity contribution in [2.45, 2.75) is 65.7 Å². The minimum atomic E-state index is -2.82. The fourth-order valence-electron chi connectivity index (χ4n) is 3.19. The lowest BCUT2D eigenvalue weighted by Crippen LogP contribution is -2.06. The highest BCUT2D eigenvalue weighted by Crippen LogP contribution is 2.30. The van der Waals surface area contributed by atoms with Gasteiger partial charge in [-0.15, -0.1) is 0 Å². The molecule has 3 aromatic rings. The van der Waals surface area contributed by atoms with E-state index in [0.29, 0.717) is 12.2 Å². The van der Waals surface area contributed by atoms with Crippen LogP contribution in [0.3, 0.4) is 0 Å². The van der Waals surface area contributed by atoms with Gasteiger partial charge in [-0.3, -0.25) is 4.79 Å². The first-order chi connectivity index (χ1) is 15.2. The van der Waals surface area contributed by atoms with Gasteiger partial charge in [-0.2, -0.15) is 0 Å². The molecule has 2 aromatic carbocycles. The van der Waals surface area contributed by atoms with Crippen molar-refractivity contribution in [3.05, 3.63) is 77.4 Å². The van der Waals surface area contributed by atoms with E-state index < -0.39 is 5.92 Å². The Morgan fingerprint density at radius 1 is 1.06 bits per heavy atom. The number of H-pyrrole nitrogens is 1. The summed E-state index contributed by atoms with van der Waals surface area (Å²) in [5, 5.41) is 0. The van der Waals surface area contributed by atoms with Crippen LogP contribution in [-0.2, 0) is 30.0 Å². The zero-order valence-electron chi connectivity index (χ0n) is 19.3. The van der Waals surface area contributed by atoms with E-state index in [1.165, 1.54) is 36.1 Å². The van der Waals surface area contributed by atoms with Crippen LogP contribution in [0.4, 0.5) is 8.78 Å². The fraction of sp³-hybridized carbons (Fsp3) is 0.385. The number of ketones is 1. The number of rotatable bonds is 9. The standard InChI is InChI=1S/C20H24F2O.C6H8N2O/c1-4-6-7-16-8-11-19(14-15(16)5-2)23-18-12-9-17(10-13-18)20(3,21)22;1-5(9)4-6-7-2-3-8-6/h8-14H,4-7H2,1-3H3;2-3H,4H2,1H3,(H,7,8). The summed E-state index contributed by atoms with van der Waals surface area (Å²) in [4.78, 5) is 17.2. The second-order valence-electron chi connectivity index (χ2n) is 7.82.